The molecular formula is C21H35ClIN5O. The van der Waals surface area contributed by atoms with Crippen molar-refractivity contribution < 1.29 is 4.79 Å². The number of benzene rings is 1. The molecule has 1 fully saturated rings. The number of likely N-dealkylation sites (N-methyl/N-ethyl adjacent to an activating group) is 1. The second kappa shape index (κ2) is 13.3. The van der Waals surface area contributed by atoms with E-state index in [0.717, 1.165) is 43.5 Å². The number of guanidine groups is 1. The van der Waals surface area contributed by atoms with Gasteiger partial charge in [-0.1, -0.05) is 23.7 Å². The zero-order valence-corrected chi connectivity index (χ0v) is 21.0. The van der Waals surface area contributed by atoms with Crippen LogP contribution in [0.25, 0.3) is 0 Å². The fourth-order valence-electron chi connectivity index (χ4n) is 3.56. The maximum atomic E-state index is 11.6. The summed E-state index contributed by atoms with van der Waals surface area (Å²) in [6.07, 6.45) is 2.66. The molecule has 8 heteroatoms. The molecule has 1 aliphatic rings. The molecule has 0 saturated carbocycles. The van der Waals surface area contributed by atoms with Crippen LogP contribution in [0.15, 0.2) is 29.3 Å². The average Bonchev–Trinajstić information content (AvgIpc) is 2.69. The molecule has 2 N–H and O–H groups in total. The fraction of sp³-hybridized carbons (Fsp3) is 0.619. The summed E-state index contributed by atoms with van der Waals surface area (Å²) < 4.78 is 0. The summed E-state index contributed by atoms with van der Waals surface area (Å²) in [6.45, 7) is 5.47. The molecule has 2 rings (SSSR count). The number of hydrogen-bond donors (Lipinski definition) is 2. The van der Waals surface area contributed by atoms with E-state index >= 15 is 0 Å². The Kier molecular flexibility index (Phi) is 11.9. The van der Waals surface area contributed by atoms with Crippen LogP contribution in [-0.4, -0.2) is 69.0 Å². The summed E-state index contributed by atoms with van der Waals surface area (Å²) in [5, 5.41) is 6.91. The van der Waals surface area contributed by atoms with Gasteiger partial charge < -0.3 is 20.4 Å². The largest absolute Gasteiger partial charge is 0.359 e. The number of amides is 1. The van der Waals surface area contributed by atoms with E-state index in [1.165, 1.54) is 5.56 Å². The van der Waals surface area contributed by atoms with Crippen LogP contribution in [0.4, 0.5) is 0 Å². The van der Waals surface area contributed by atoms with Gasteiger partial charge in [0.05, 0.1) is 12.6 Å². The van der Waals surface area contributed by atoms with E-state index in [1.807, 2.05) is 12.1 Å². The third-order valence-electron chi connectivity index (χ3n) is 5.29. The quantitative estimate of drug-likeness (QED) is 0.319. The summed E-state index contributed by atoms with van der Waals surface area (Å²) in [7, 11) is 5.85. The highest BCUT2D eigenvalue weighted by atomic mass is 127. The highest BCUT2D eigenvalue weighted by Gasteiger charge is 2.23. The molecule has 0 aliphatic carbocycles. The van der Waals surface area contributed by atoms with E-state index in [9.17, 15) is 4.79 Å². The van der Waals surface area contributed by atoms with Crippen molar-refractivity contribution in [2.45, 2.75) is 32.2 Å². The predicted octanol–water partition coefficient (Wildman–Crippen LogP) is 3.37. The van der Waals surface area contributed by atoms with Crippen molar-refractivity contribution >= 4 is 47.4 Å². The molecule has 1 aliphatic heterocycles. The van der Waals surface area contributed by atoms with Gasteiger partial charge in [0.25, 0.3) is 0 Å². The van der Waals surface area contributed by atoms with E-state index in [1.54, 1.807) is 7.05 Å². The second-order valence-electron chi connectivity index (χ2n) is 7.53. The number of aliphatic imine (C=N–C) groups is 1. The van der Waals surface area contributed by atoms with E-state index < -0.39 is 0 Å². The monoisotopic (exact) mass is 535 g/mol. The van der Waals surface area contributed by atoms with Crippen molar-refractivity contribution in [2.75, 3.05) is 47.3 Å². The van der Waals surface area contributed by atoms with E-state index in [2.05, 4.69) is 53.6 Å². The molecule has 6 nitrogen and oxygen atoms in total. The van der Waals surface area contributed by atoms with Crippen molar-refractivity contribution in [1.29, 1.82) is 0 Å². The van der Waals surface area contributed by atoms with Crippen molar-refractivity contribution in [3.05, 3.63) is 34.9 Å². The zero-order chi connectivity index (χ0) is 20.5. The highest BCUT2D eigenvalue weighted by Crippen LogP contribution is 2.23. The Morgan fingerprint density at radius 2 is 1.90 bits per heavy atom. The van der Waals surface area contributed by atoms with Gasteiger partial charge in [0.15, 0.2) is 5.96 Å². The molecular weight excluding hydrogens is 501 g/mol. The number of nitrogens with one attached hydrogen (secondary N) is 2. The lowest BCUT2D eigenvalue weighted by atomic mass is 9.93. The van der Waals surface area contributed by atoms with Crippen LogP contribution in [0.3, 0.4) is 0 Å². The first-order chi connectivity index (χ1) is 13.4. The first-order valence-corrected chi connectivity index (χ1v) is 10.5. The number of piperidine rings is 1. The normalized spacial score (nSPS) is 16.3. The van der Waals surface area contributed by atoms with Gasteiger partial charge in [0.1, 0.15) is 0 Å². The minimum atomic E-state index is 0. The van der Waals surface area contributed by atoms with E-state index in [4.69, 9.17) is 16.6 Å². The minimum Gasteiger partial charge on any atom is -0.359 e. The molecule has 164 valence electrons. The third kappa shape index (κ3) is 8.30. The summed E-state index contributed by atoms with van der Waals surface area (Å²) in [5.41, 5.74) is 1.21. The fourth-order valence-corrected chi connectivity index (χ4v) is 3.69. The van der Waals surface area contributed by atoms with Gasteiger partial charge in [-0.3, -0.25) is 9.79 Å². The van der Waals surface area contributed by atoms with Crippen LogP contribution in [0, 0.1) is 5.92 Å². The van der Waals surface area contributed by atoms with Gasteiger partial charge in [0.2, 0.25) is 5.91 Å². The molecule has 0 aromatic heterocycles. The van der Waals surface area contributed by atoms with E-state index in [0.29, 0.717) is 18.9 Å². The number of hydrogen-bond acceptors (Lipinski definition) is 3. The third-order valence-corrected chi connectivity index (χ3v) is 5.55. The van der Waals surface area contributed by atoms with Crippen LogP contribution >= 0.6 is 35.6 Å². The first-order valence-electron chi connectivity index (χ1n) is 10.1. The zero-order valence-electron chi connectivity index (χ0n) is 17.9. The van der Waals surface area contributed by atoms with Crippen LogP contribution in [-0.2, 0) is 4.79 Å². The molecule has 1 amide bonds. The van der Waals surface area contributed by atoms with Crippen LogP contribution in [0.2, 0.25) is 5.02 Å². The maximum absolute atomic E-state index is 11.6. The van der Waals surface area contributed by atoms with Crippen molar-refractivity contribution in [1.82, 2.24) is 20.4 Å². The van der Waals surface area contributed by atoms with Crippen molar-refractivity contribution in [2.24, 2.45) is 10.9 Å². The topological polar surface area (TPSA) is 60.0 Å². The molecule has 1 unspecified atom stereocenters. The highest BCUT2D eigenvalue weighted by molar-refractivity contribution is 14.0. The average molecular weight is 536 g/mol. The molecule has 1 aromatic carbocycles. The molecule has 0 radical (unpaired) electrons. The molecule has 1 atom stereocenters. The van der Waals surface area contributed by atoms with Gasteiger partial charge in [-0.05, 0) is 57.5 Å². The number of rotatable bonds is 7. The maximum Gasteiger partial charge on any atom is 0.220 e. The van der Waals surface area contributed by atoms with Gasteiger partial charge in [-0.15, -0.1) is 24.0 Å². The smallest absolute Gasteiger partial charge is 0.220 e. The van der Waals surface area contributed by atoms with Gasteiger partial charge >= 0.3 is 0 Å². The summed E-state index contributed by atoms with van der Waals surface area (Å²) >= 11 is 6.04. The Bertz CT molecular complexity index is 645. The lowest BCUT2D eigenvalue weighted by molar-refractivity contribution is -0.121. The molecule has 1 aromatic rings. The first kappa shape index (κ1) is 26.0. The number of halogens is 2. The Balaban J connectivity index is 0.00000420. The second-order valence-corrected chi connectivity index (χ2v) is 7.97. The SMILES string of the molecule is CCNC(=NCC(c1ccc(Cl)cc1)N(C)C)N1CCC(CC(=O)NC)CC1.I. The molecule has 0 spiro atoms. The molecule has 29 heavy (non-hydrogen) atoms. The lowest BCUT2D eigenvalue weighted by Crippen LogP contribution is -2.46. The van der Waals surface area contributed by atoms with Crippen LogP contribution < -0.4 is 10.6 Å². The van der Waals surface area contributed by atoms with Gasteiger partial charge in [0, 0.05) is 38.1 Å². The Morgan fingerprint density at radius 1 is 1.28 bits per heavy atom. The minimum absolute atomic E-state index is 0. The Hall–Kier alpha value is -1.06. The molecule has 0 bridgehead atoms. The number of likely N-dealkylation sites (tertiary alicyclic amines) is 1. The summed E-state index contributed by atoms with van der Waals surface area (Å²) in [5.74, 6) is 1.56. The molecule has 1 saturated heterocycles. The standard InChI is InChI=1S/C21H34ClN5O.HI/c1-5-24-21(27-12-10-16(11-13-27)14-20(28)23-2)25-15-19(26(3)4)17-6-8-18(22)9-7-17;/h6-9,16,19H,5,10-15H2,1-4H3,(H,23,28)(H,24,25);1H. The van der Waals surface area contributed by atoms with Gasteiger partial charge in [-0.2, -0.15) is 0 Å². The van der Waals surface area contributed by atoms with Crippen molar-refractivity contribution in [3.8, 4) is 0 Å². The van der Waals surface area contributed by atoms with Crippen LogP contribution in [0.5, 0.6) is 0 Å². The number of nitrogens with zero attached hydrogens (tertiary/aromatic N) is 3. The number of carbonyl (C=O) groups is 1. The Labute approximate surface area is 197 Å². The van der Waals surface area contributed by atoms with Crippen molar-refractivity contribution in [3.63, 3.8) is 0 Å². The Morgan fingerprint density at radius 3 is 2.41 bits per heavy atom. The summed E-state index contributed by atoms with van der Waals surface area (Å²) in [4.78, 5) is 21.1. The predicted molar refractivity (Wildman–Crippen MR) is 132 cm³/mol. The van der Waals surface area contributed by atoms with Crippen LogP contribution in [0.1, 0.15) is 37.8 Å². The van der Waals surface area contributed by atoms with E-state index in [-0.39, 0.29) is 35.9 Å². The summed E-state index contributed by atoms with van der Waals surface area (Å²) in [6, 6.07) is 8.19. The lowest BCUT2D eigenvalue weighted by Gasteiger charge is -2.34. The molecule has 1 heterocycles. The van der Waals surface area contributed by atoms with Gasteiger partial charge in [-0.25, -0.2) is 0 Å². The number of carbonyl (C=O) groups excluding carboxylic acids is 1.